The second kappa shape index (κ2) is 6.57. The molecule has 124 valence electrons. The summed E-state index contributed by atoms with van der Waals surface area (Å²) >= 11 is 6.16. The lowest BCUT2D eigenvalue weighted by Crippen LogP contribution is -2.03. The molecule has 5 heteroatoms. The van der Waals surface area contributed by atoms with Crippen LogP contribution in [0, 0.1) is 5.82 Å². The Labute approximate surface area is 149 Å². The van der Waals surface area contributed by atoms with Crippen LogP contribution in [0.5, 0.6) is 0 Å². The summed E-state index contributed by atoms with van der Waals surface area (Å²) in [5, 5.41) is 4.06. The molecule has 25 heavy (non-hydrogen) atoms. The minimum Gasteiger partial charge on any atom is -0.365 e. The van der Waals surface area contributed by atoms with Crippen molar-refractivity contribution in [2.45, 2.75) is 6.54 Å². The molecule has 2 heterocycles. The van der Waals surface area contributed by atoms with E-state index in [2.05, 4.69) is 22.4 Å². The number of hydrogen-bond donors (Lipinski definition) is 1. The third-order valence-corrected chi connectivity index (χ3v) is 4.23. The van der Waals surface area contributed by atoms with Crippen molar-refractivity contribution in [3.63, 3.8) is 0 Å². The number of anilines is 1. The fourth-order valence-electron chi connectivity index (χ4n) is 2.78. The molecule has 2 aromatic heterocycles. The second-order valence-electron chi connectivity index (χ2n) is 5.73. The van der Waals surface area contributed by atoms with Crippen molar-refractivity contribution in [2.24, 2.45) is 0 Å². The summed E-state index contributed by atoms with van der Waals surface area (Å²) in [6.45, 7) is 0.648. The average molecular weight is 352 g/mol. The molecule has 3 nitrogen and oxygen atoms in total. The first-order valence-electron chi connectivity index (χ1n) is 7.92. The molecule has 0 spiro atoms. The maximum absolute atomic E-state index is 13.3. The predicted molar refractivity (Wildman–Crippen MR) is 99.4 cm³/mol. The van der Waals surface area contributed by atoms with Gasteiger partial charge in [0.1, 0.15) is 23.0 Å². The molecule has 0 aliphatic carbocycles. The van der Waals surface area contributed by atoms with Crippen molar-refractivity contribution in [1.82, 2.24) is 9.38 Å². The van der Waals surface area contributed by atoms with Gasteiger partial charge in [-0.25, -0.2) is 9.37 Å². The number of benzene rings is 2. The van der Waals surface area contributed by atoms with Crippen molar-refractivity contribution in [3.8, 4) is 11.3 Å². The van der Waals surface area contributed by atoms with E-state index in [0.717, 1.165) is 28.3 Å². The summed E-state index contributed by atoms with van der Waals surface area (Å²) < 4.78 is 15.2. The maximum atomic E-state index is 13.3. The fraction of sp³-hybridized carbons (Fsp3) is 0.0500. The first kappa shape index (κ1) is 15.7. The summed E-state index contributed by atoms with van der Waals surface area (Å²) in [5.41, 5.74) is 3.54. The van der Waals surface area contributed by atoms with E-state index < -0.39 is 0 Å². The molecule has 0 unspecified atom stereocenters. The largest absolute Gasteiger partial charge is 0.365 e. The molecule has 0 fully saturated rings. The summed E-state index contributed by atoms with van der Waals surface area (Å²) in [4.78, 5) is 4.69. The lowest BCUT2D eigenvalue weighted by molar-refractivity contribution is 0.628. The van der Waals surface area contributed by atoms with Gasteiger partial charge in [-0.2, -0.15) is 0 Å². The zero-order valence-corrected chi connectivity index (χ0v) is 14.0. The maximum Gasteiger partial charge on any atom is 0.139 e. The van der Waals surface area contributed by atoms with Gasteiger partial charge in [-0.3, -0.25) is 4.40 Å². The van der Waals surface area contributed by atoms with Crippen LogP contribution < -0.4 is 5.32 Å². The lowest BCUT2D eigenvalue weighted by Gasteiger charge is -2.09. The molecule has 0 amide bonds. The first-order chi connectivity index (χ1) is 12.2. The van der Waals surface area contributed by atoms with E-state index in [9.17, 15) is 4.39 Å². The Hall–Kier alpha value is -2.85. The molecule has 0 radical (unpaired) electrons. The highest BCUT2D eigenvalue weighted by molar-refractivity contribution is 6.30. The number of aromatic nitrogens is 2. The van der Waals surface area contributed by atoms with Crippen LogP contribution in [-0.4, -0.2) is 9.38 Å². The Morgan fingerprint density at radius 2 is 1.72 bits per heavy atom. The molecule has 0 saturated heterocycles. The van der Waals surface area contributed by atoms with Gasteiger partial charge in [-0.15, -0.1) is 0 Å². The van der Waals surface area contributed by atoms with E-state index >= 15 is 0 Å². The average Bonchev–Trinajstić information content (AvgIpc) is 2.99. The number of rotatable bonds is 4. The summed E-state index contributed by atoms with van der Waals surface area (Å²) in [6, 6.07) is 20.1. The minimum absolute atomic E-state index is 0.269. The fourth-order valence-corrected chi connectivity index (χ4v) is 2.94. The molecular formula is C20H15ClFN3. The Balaban J connectivity index is 1.79. The van der Waals surface area contributed by atoms with Gasteiger partial charge in [0, 0.05) is 18.3 Å². The normalized spacial score (nSPS) is 11.0. The molecular weight excluding hydrogens is 337 g/mol. The smallest absolute Gasteiger partial charge is 0.139 e. The van der Waals surface area contributed by atoms with Gasteiger partial charge in [0.25, 0.3) is 0 Å². The Morgan fingerprint density at radius 3 is 2.48 bits per heavy atom. The molecule has 0 bridgehead atoms. The van der Waals surface area contributed by atoms with Gasteiger partial charge >= 0.3 is 0 Å². The molecule has 0 atom stereocenters. The number of nitrogens with one attached hydrogen (secondary N) is 1. The quantitative estimate of drug-likeness (QED) is 0.533. The SMILES string of the molecule is Fc1ccc(-c2nc3ccc(Cl)cn3c2NCc2ccccc2)cc1. The van der Waals surface area contributed by atoms with Crippen LogP contribution in [0.25, 0.3) is 16.9 Å². The van der Waals surface area contributed by atoms with Crippen molar-refractivity contribution < 1.29 is 4.39 Å². The van der Waals surface area contributed by atoms with Gasteiger partial charge in [-0.1, -0.05) is 41.9 Å². The van der Waals surface area contributed by atoms with E-state index in [0.29, 0.717) is 11.6 Å². The van der Waals surface area contributed by atoms with Crippen molar-refractivity contribution in [2.75, 3.05) is 5.32 Å². The monoisotopic (exact) mass is 351 g/mol. The lowest BCUT2D eigenvalue weighted by atomic mass is 10.1. The van der Waals surface area contributed by atoms with Crippen LogP contribution in [0.4, 0.5) is 10.2 Å². The predicted octanol–water partition coefficient (Wildman–Crippen LogP) is 5.41. The number of halogens is 2. The summed E-state index contributed by atoms with van der Waals surface area (Å²) in [7, 11) is 0. The topological polar surface area (TPSA) is 29.3 Å². The van der Waals surface area contributed by atoms with E-state index in [-0.39, 0.29) is 5.82 Å². The minimum atomic E-state index is -0.269. The highest BCUT2D eigenvalue weighted by Gasteiger charge is 2.14. The molecule has 0 aliphatic rings. The zero-order valence-electron chi connectivity index (χ0n) is 13.3. The van der Waals surface area contributed by atoms with Crippen molar-refractivity contribution >= 4 is 23.1 Å². The van der Waals surface area contributed by atoms with E-state index in [1.54, 1.807) is 18.2 Å². The third kappa shape index (κ3) is 3.21. The van der Waals surface area contributed by atoms with Crippen molar-refractivity contribution in [1.29, 1.82) is 0 Å². The summed E-state index contributed by atoms with van der Waals surface area (Å²) in [5.74, 6) is 0.558. The van der Waals surface area contributed by atoms with Crippen LogP contribution in [0.1, 0.15) is 5.56 Å². The highest BCUT2D eigenvalue weighted by Crippen LogP contribution is 2.30. The van der Waals surface area contributed by atoms with Gasteiger partial charge in [0.2, 0.25) is 0 Å². The molecule has 1 N–H and O–H groups in total. The number of pyridine rings is 1. The molecule has 4 rings (SSSR count). The van der Waals surface area contributed by atoms with E-state index in [1.165, 1.54) is 12.1 Å². The second-order valence-corrected chi connectivity index (χ2v) is 6.17. The molecule has 0 aliphatic heterocycles. The Morgan fingerprint density at radius 1 is 0.960 bits per heavy atom. The highest BCUT2D eigenvalue weighted by atomic mass is 35.5. The number of imidazole rings is 1. The molecule has 4 aromatic rings. The van der Waals surface area contributed by atoms with Crippen LogP contribution in [0.15, 0.2) is 72.9 Å². The van der Waals surface area contributed by atoms with Crippen LogP contribution in [0.2, 0.25) is 5.02 Å². The standard InChI is InChI=1S/C20H15ClFN3/c21-16-8-11-18-24-19(15-6-9-17(22)10-7-15)20(25(18)13-16)23-12-14-4-2-1-3-5-14/h1-11,13,23H,12H2. The number of hydrogen-bond acceptors (Lipinski definition) is 2. The zero-order chi connectivity index (χ0) is 17.2. The summed E-state index contributed by atoms with van der Waals surface area (Å²) in [6.07, 6.45) is 1.82. The van der Waals surface area contributed by atoms with Gasteiger partial charge in [0.15, 0.2) is 0 Å². The van der Waals surface area contributed by atoms with Crippen LogP contribution >= 0.6 is 11.6 Å². The van der Waals surface area contributed by atoms with Gasteiger partial charge < -0.3 is 5.32 Å². The van der Waals surface area contributed by atoms with E-state index in [4.69, 9.17) is 11.6 Å². The van der Waals surface area contributed by atoms with Gasteiger partial charge in [0.05, 0.1) is 5.02 Å². The Kier molecular flexibility index (Phi) is 4.12. The number of fused-ring (bicyclic) bond motifs is 1. The Bertz CT molecular complexity index is 1010. The number of nitrogens with zero attached hydrogens (tertiary/aromatic N) is 2. The molecule has 2 aromatic carbocycles. The van der Waals surface area contributed by atoms with Gasteiger partial charge in [-0.05, 0) is 42.0 Å². The van der Waals surface area contributed by atoms with E-state index in [1.807, 2.05) is 34.9 Å². The molecule has 0 saturated carbocycles. The van der Waals surface area contributed by atoms with Crippen LogP contribution in [0.3, 0.4) is 0 Å². The first-order valence-corrected chi connectivity index (χ1v) is 8.30. The van der Waals surface area contributed by atoms with Crippen LogP contribution in [-0.2, 0) is 6.54 Å². The van der Waals surface area contributed by atoms with Crippen molar-refractivity contribution in [3.05, 3.63) is 89.3 Å². The third-order valence-electron chi connectivity index (χ3n) is 4.00.